The molecular weight excluding hydrogens is 771 g/mol. The van der Waals surface area contributed by atoms with Crippen LogP contribution in [0.1, 0.15) is 74.9 Å². The standard InChI is InChI=1S/C63H51N/c1-61(2)55-31-10-7-22-49(55)52-28-15-25-46(58(52)61)40-34-36-43(37-35-40)64(44-20-13-18-41(38-44)47-26-16-29-53-50-23-8-11-32-56(50)62(3,4)59(47)53)45-21-14-19-42(39-45)48-27-17-30-54-51-24-9-12-33-57(51)63(5,6)60(48)54/h7-39H,1-6H3. The summed E-state index contributed by atoms with van der Waals surface area (Å²) in [7, 11) is 0. The lowest BCUT2D eigenvalue weighted by Crippen LogP contribution is -2.16. The summed E-state index contributed by atoms with van der Waals surface area (Å²) in [5.41, 5.74) is 27.0. The molecule has 9 aromatic carbocycles. The molecule has 0 saturated carbocycles. The van der Waals surface area contributed by atoms with Crippen molar-refractivity contribution >= 4 is 17.1 Å². The third kappa shape index (κ3) is 5.50. The molecule has 12 rings (SSSR count). The lowest BCUT2D eigenvalue weighted by molar-refractivity contribution is 0.662. The Bertz CT molecular complexity index is 3210. The molecule has 64 heavy (non-hydrogen) atoms. The molecule has 1 nitrogen and oxygen atoms in total. The van der Waals surface area contributed by atoms with E-state index in [1.807, 2.05) is 0 Å². The van der Waals surface area contributed by atoms with Gasteiger partial charge in [-0.3, -0.25) is 0 Å². The smallest absolute Gasteiger partial charge is 0.0467 e. The van der Waals surface area contributed by atoms with Crippen LogP contribution in [0.15, 0.2) is 200 Å². The van der Waals surface area contributed by atoms with E-state index in [-0.39, 0.29) is 16.2 Å². The molecule has 0 heterocycles. The zero-order valence-electron chi connectivity index (χ0n) is 37.5. The second-order valence-electron chi connectivity index (χ2n) is 19.7. The van der Waals surface area contributed by atoms with E-state index in [4.69, 9.17) is 0 Å². The van der Waals surface area contributed by atoms with Crippen LogP contribution in [0.5, 0.6) is 0 Å². The van der Waals surface area contributed by atoms with Gasteiger partial charge in [0.05, 0.1) is 0 Å². The Morgan fingerprint density at radius 3 is 0.953 bits per heavy atom. The first kappa shape index (κ1) is 38.5. The second kappa shape index (κ2) is 13.9. The van der Waals surface area contributed by atoms with E-state index in [1.165, 1.54) is 100 Å². The van der Waals surface area contributed by atoms with Crippen LogP contribution in [0, 0.1) is 0 Å². The second-order valence-corrected chi connectivity index (χ2v) is 19.7. The summed E-state index contributed by atoms with van der Waals surface area (Å²) in [6, 6.07) is 75.1. The minimum atomic E-state index is -0.126. The fourth-order valence-electron chi connectivity index (χ4n) is 12.1. The van der Waals surface area contributed by atoms with Crippen LogP contribution in [-0.4, -0.2) is 0 Å². The van der Waals surface area contributed by atoms with Gasteiger partial charge in [-0.05, 0) is 137 Å². The van der Waals surface area contributed by atoms with E-state index in [0.29, 0.717) is 0 Å². The Balaban J connectivity index is 1.01. The van der Waals surface area contributed by atoms with Crippen LogP contribution >= 0.6 is 0 Å². The number of rotatable bonds is 6. The maximum absolute atomic E-state index is 2.46. The largest absolute Gasteiger partial charge is 0.310 e. The number of benzene rings is 9. The molecular formula is C63H51N. The SMILES string of the molecule is CC1(C)c2ccccc2-c2cccc(-c3ccc(N(c4cccc(-c5cccc6c5C(C)(C)c5ccccc5-6)c4)c4cccc(-c5cccc6c5C(C)(C)c5ccccc5-6)c4)cc3)c21. The van der Waals surface area contributed by atoms with Crippen molar-refractivity contribution in [3.63, 3.8) is 0 Å². The summed E-state index contributed by atoms with van der Waals surface area (Å²) in [6.07, 6.45) is 0. The monoisotopic (exact) mass is 821 g/mol. The summed E-state index contributed by atoms with van der Waals surface area (Å²) in [5.74, 6) is 0. The van der Waals surface area contributed by atoms with Gasteiger partial charge in [-0.25, -0.2) is 0 Å². The van der Waals surface area contributed by atoms with Gasteiger partial charge in [0.2, 0.25) is 0 Å². The molecule has 0 aliphatic heterocycles. The van der Waals surface area contributed by atoms with Gasteiger partial charge in [0, 0.05) is 33.3 Å². The minimum Gasteiger partial charge on any atom is -0.310 e. The fourth-order valence-corrected chi connectivity index (χ4v) is 12.1. The van der Waals surface area contributed by atoms with E-state index >= 15 is 0 Å². The number of anilines is 3. The molecule has 0 saturated heterocycles. The predicted octanol–water partition coefficient (Wildman–Crippen LogP) is 17.1. The van der Waals surface area contributed by atoms with Crippen LogP contribution in [0.25, 0.3) is 66.8 Å². The van der Waals surface area contributed by atoms with E-state index in [2.05, 4.69) is 247 Å². The van der Waals surface area contributed by atoms with Crippen molar-refractivity contribution in [1.29, 1.82) is 0 Å². The average molecular weight is 822 g/mol. The number of nitrogens with zero attached hydrogens (tertiary/aromatic N) is 1. The van der Waals surface area contributed by atoms with E-state index < -0.39 is 0 Å². The van der Waals surface area contributed by atoms with E-state index in [0.717, 1.165) is 17.1 Å². The first-order chi connectivity index (χ1) is 31.0. The van der Waals surface area contributed by atoms with E-state index in [9.17, 15) is 0 Å². The number of fused-ring (bicyclic) bond motifs is 9. The third-order valence-corrected chi connectivity index (χ3v) is 15.0. The maximum Gasteiger partial charge on any atom is 0.0467 e. The Labute approximate surface area is 378 Å². The Morgan fingerprint density at radius 1 is 0.250 bits per heavy atom. The van der Waals surface area contributed by atoms with Crippen molar-refractivity contribution < 1.29 is 0 Å². The molecule has 0 spiro atoms. The highest BCUT2D eigenvalue weighted by Crippen LogP contribution is 2.55. The summed E-state index contributed by atoms with van der Waals surface area (Å²) in [4.78, 5) is 2.46. The third-order valence-electron chi connectivity index (χ3n) is 15.0. The fraction of sp³-hybridized carbons (Fsp3) is 0.143. The normalized spacial score (nSPS) is 15.1. The molecule has 0 atom stereocenters. The van der Waals surface area contributed by atoms with Gasteiger partial charge in [-0.1, -0.05) is 205 Å². The predicted molar refractivity (Wildman–Crippen MR) is 270 cm³/mol. The van der Waals surface area contributed by atoms with Gasteiger partial charge in [0.25, 0.3) is 0 Å². The highest BCUT2D eigenvalue weighted by atomic mass is 15.1. The Morgan fingerprint density at radius 2 is 0.562 bits per heavy atom. The molecule has 0 amide bonds. The Hall–Kier alpha value is -7.22. The molecule has 0 unspecified atom stereocenters. The van der Waals surface area contributed by atoms with Crippen LogP contribution < -0.4 is 4.90 Å². The van der Waals surface area contributed by atoms with Gasteiger partial charge in [0.15, 0.2) is 0 Å². The summed E-state index contributed by atoms with van der Waals surface area (Å²) in [5, 5.41) is 0. The van der Waals surface area contributed by atoms with Crippen molar-refractivity contribution in [3.05, 3.63) is 234 Å². The van der Waals surface area contributed by atoms with Crippen molar-refractivity contribution in [2.24, 2.45) is 0 Å². The highest BCUT2D eigenvalue weighted by Gasteiger charge is 2.40. The molecule has 3 aliphatic carbocycles. The molecule has 3 aliphatic rings. The molecule has 308 valence electrons. The van der Waals surface area contributed by atoms with Gasteiger partial charge >= 0.3 is 0 Å². The van der Waals surface area contributed by atoms with Crippen molar-refractivity contribution in [1.82, 2.24) is 0 Å². The molecule has 9 aromatic rings. The quantitative estimate of drug-likeness (QED) is 0.161. The van der Waals surface area contributed by atoms with Crippen LogP contribution in [0.2, 0.25) is 0 Å². The maximum atomic E-state index is 2.46. The first-order valence-electron chi connectivity index (χ1n) is 22.8. The lowest BCUT2D eigenvalue weighted by Gasteiger charge is -2.29. The topological polar surface area (TPSA) is 3.24 Å². The van der Waals surface area contributed by atoms with Crippen molar-refractivity contribution in [3.8, 4) is 66.8 Å². The zero-order chi connectivity index (χ0) is 43.5. The van der Waals surface area contributed by atoms with Gasteiger partial charge in [-0.2, -0.15) is 0 Å². The van der Waals surface area contributed by atoms with Gasteiger partial charge < -0.3 is 4.90 Å². The lowest BCUT2D eigenvalue weighted by atomic mass is 9.78. The summed E-state index contributed by atoms with van der Waals surface area (Å²) >= 11 is 0. The molecule has 1 heteroatoms. The van der Waals surface area contributed by atoms with Crippen molar-refractivity contribution in [2.75, 3.05) is 4.90 Å². The van der Waals surface area contributed by atoms with Crippen LogP contribution in [0.3, 0.4) is 0 Å². The molecule has 0 N–H and O–H groups in total. The zero-order valence-corrected chi connectivity index (χ0v) is 37.5. The van der Waals surface area contributed by atoms with Gasteiger partial charge in [-0.15, -0.1) is 0 Å². The van der Waals surface area contributed by atoms with Crippen LogP contribution in [0.4, 0.5) is 17.1 Å². The van der Waals surface area contributed by atoms with Gasteiger partial charge in [0.1, 0.15) is 0 Å². The molecule has 0 bridgehead atoms. The highest BCUT2D eigenvalue weighted by molar-refractivity contribution is 5.93. The van der Waals surface area contributed by atoms with Crippen molar-refractivity contribution in [2.45, 2.75) is 57.8 Å². The average Bonchev–Trinajstić information content (AvgIpc) is 3.82. The number of hydrogen-bond acceptors (Lipinski definition) is 1. The van der Waals surface area contributed by atoms with Crippen LogP contribution in [-0.2, 0) is 16.2 Å². The molecule has 0 fully saturated rings. The number of hydrogen-bond donors (Lipinski definition) is 0. The summed E-state index contributed by atoms with van der Waals surface area (Å²) < 4.78 is 0. The summed E-state index contributed by atoms with van der Waals surface area (Å²) in [6.45, 7) is 14.3. The molecule has 0 radical (unpaired) electrons. The van der Waals surface area contributed by atoms with E-state index in [1.54, 1.807) is 0 Å². The molecule has 0 aromatic heterocycles. The Kier molecular flexibility index (Phi) is 8.35. The first-order valence-corrected chi connectivity index (χ1v) is 22.8. The minimum absolute atomic E-state index is 0.102.